The van der Waals surface area contributed by atoms with E-state index in [1.54, 1.807) is 11.8 Å². The lowest BCUT2D eigenvalue weighted by Gasteiger charge is -2.13. The summed E-state index contributed by atoms with van der Waals surface area (Å²) in [6, 6.07) is 16.2. The van der Waals surface area contributed by atoms with Gasteiger partial charge in [0.1, 0.15) is 0 Å². The summed E-state index contributed by atoms with van der Waals surface area (Å²) in [5.74, 6) is 0. The van der Waals surface area contributed by atoms with Gasteiger partial charge in [0, 0.05) is 14.3 Å². The average molecular weight is 323 g/mol. The molecule has 1 unspecified atom stereocenters. The van der Waals surface area contributed by atoms with Gasteiger partial charge in [-0.05, 0) is 36.2 Å². The van der Waals surface area contributed by atoms with Crippen LogP contribution in [0.1, 0.15) is 25.0 Å². The molecule has 0 spiro atoms. The SMILES string of the molecule is CCC(O)c1ccccc1Sc1cccc(Br)c1. The van der Waals surface area contributed by atoms with Gasteiger partial charge in [0.05, 0.1) is 6.10 Å². The van der Waals surface area contributed by atoms with E-state index in [2.05, 4.69) is 34.1 Å². The lowest BCUT2D eigenvalue weighted by atomic mass is 10.1. The van der Waals surface area contributed by atoms with Crippen LogP contribution in [0.5, 0.6) is 0 Å². The number of aliphatic hydroxyl groups excluding tert-OH is 1. The van der Waals surface area contributed by atoms with Crippen molar-refractivity contribution >= 4 is 27.7 Å². The third-order valence-corrected chi connectivity index (χ3v) is 4.26. The minimum absolute atomic E-state index is 0.388. The Morgan fingerprint density at radius 1 is 1.17 bits per heavy atom. The Morgan fingerprint density at radius 3 is 2.67 bits per heavy atom. The molecule has 2 aromatic carbocycles. The third-order valence-electron chi connectivity index (χ3n) is 2.69. The van der Waals surface area contributed by atoms with Crippen molar-refractivity contribution in [2.24, 2.45) is 0 Å². The zero-order chi connectivity index (χ0) is 13.0. The van der Waals surface area contributed by atoms with E-state index < -0.39 is 0 Å². The fourth-order valence-corrected chi connectivity index (χ4v) is 3.33. The van der Waals surface area contributed by atoms with E-state index in [0.29, 0.717) is 0 Å². The van der Waals surface area contributed by atoms with Crippen LogP contribution in [0.25, 0.3) is 0 Å². The molecule has 0 bridgehead atoms. The van der Waals surface area contributed by atoms with Crippen molar-refractivity contribution in [2.45, 2.75) is 29.2 Å². The van der Waals surface area contributed by atoms with Crippen LogP contribution in [-0.4, -0.2) is 5.11 Å². The van der Waals surface area contributed by atoms with E-state index in [1.807, 2.05) is 37.3 Å². The van der Waals surface area contributed by atoms with Crippen molar-refractivity contribution in [1.82, 2.24) is 0 Å². The van der Waals surface area contributed by atoms with Gasteiger partial charge in [0.25, 0.3) is 0 Å². The predicted molar refractivity (Wildman–Crippen MR) is 80.0 cm³/mol. The van der Waals surface area contributed by atoms with Gasteiger partial charge in [-0.1, -0.05) is 58.9 Å². The van der Waals surface area contributed by atoms with Crippen LogP contribution in [0.15, 0.2) is 62.8 Å². The molecular formula is C15H15BrOS. The molecule has 0 aliphatic rings. The van der Waals surface area contributed by atoms with Crippen molar-refractivity contribution in [3.05, 3.63) is 58.6 Å². The smallest absolute Gasteiger partial charge is 0.0798 e. The minimum Gasteiger partial charge on any atom is -0.388 e. The van der Waals surface area contributed by atoms with Crippen LogP contribution in [0.2, 0.25) is 0 Å². The van der Waals surface area contributed by atoms with Crippen LogP contribution in [-0.2, 0) is 0 Å². The highest BCUT2D eigenvalue weighted by Gasteiger charge is 2.10. The fraction of sp³-hybridized carbons (Fsp3) is 0.200. The molecule has 2 aromatic rings. The highest BCUT2D eigenvalue weighted by molar-refractivity contribution is 9.10. The van der Waals surface area contributed by atoms with E-state index in [1.165, 1.54) is 4.90 Å². The minimum atomic E-state index is -0.388. The number of hydrogen-bond donors (Lipinski definition) is 1. The normalized spacial score (nSPS) is 12.4. The molecule has 0 saturated heterocycles. The largest absolute Gasteiger partial charge is 0.388 e. The monoisotopic (exact) mass is 322 g/mol. The standard InChI is InChI=1S/C15H15BrOS/c1-2-14(17)13-8-3-4-9-15(13)18-12-7-5-6-11(16)10-12/h3-10,14,17H,2H2,1H3. The summed E-state index contributed by atoms with van der Waals surface area (Å²) < 4.78 is 1.07. The highest BCUT2D eigenvalue weighted by Crippen LogP contribution is 2.34. The first-order valence-corrected chi connectivity index (χ1v) is 7.52. The number of hydrogen-bond acceptors (Lipinski definition) is 2. The summed E-state index contributed by atoms with van der Waals surface area (Å²) in [5, 5.41) is 10.0. The number of halogens is 1. The van der Waals surface area contributed by atoms with E-state index in [4.69, 9.17) is 0 Å². The number of rotatable bonds is 4. The molecule has 1 N–H and O–H groups in total. The molecule has 0 radical (unpaired) electrons. The maximum absolute atomic E-state index is 10.0. The predicted octanol–water partition coefficient (Wildman–Crippen LogP) is 5.04. The maximum atomic E-state index is 10.0. The summed E-state index contributed by atoms with van der Waals surface area (Å²) in [6.07, 6.45) is 0.344. The van der Waals surface area contributed by atoms with Gasteiger partial charge in [-0.3, -0.25) is 0 Å². The van der Waals surface area contributed by atoms with Gasteiger partial charge < -0.3 is 5.11 Å². The topological polar surface area (TPSA) is 20.2 Å². The fourth-order valence-electron chi connectivity index (χ4n) is 1.73. The molecule has 0 aromatic heterocycles. The Labute approximate surface area is 120 Å². The third kappa shape index (κ3) is 3.37. The highest BCUT2D eigenvalue weighted by atomic mass is 79.9. The summed E-state index contributed by atoms with van der Waals surface area (Å²) in [7, 11) is 0. The molecule has 0 fully saturated rings. The van der Waals surface area contributed by atoms with Crippen LogP contribution < -0.4 is 0 Å². The number of benzene rings is 2. The summed E-state index contributed by atoms with van der Waals surface area (Å²) in [5.41, 5.74) is 1.00. The Hall–Kier alpha value is -0.770. The average Bonchev–Trinajstić information content (AvgIpc) is 2.38. The second-order valence-corrected chi connectivity index (χ2v) is 6.05. The first-order chi connectivity index (χ1) is 8.70. The van der Waals surface area contributed by atoms with Gasteiger partial charge in [-0.15, -0.1) is 0 Å². The second kappa shape index (κ2) is 6.41. The Bertz CT molecular complexity index is 527. The Morgan fingerprint density at radius 2 is 1.94 bits per heavy atom. The molecule has 0 aliphatic carbocycles. The first-order valence-electron chi connectivity index (χ1n) is 5.91. The molecule has 3 heteroatoms. The zero-order valence-electron chi connectivity index (χ0n) is 10.1. The number of aliphatic hydroxyl groups is 1. The molecule has 2 rings (SSSR count). The molecule has 0 heterocycles. The van der Waals surface area contributed by atoms with Crippen molar-refractivity contribution in [3.8, 4) is 0 Å². The van der Waals surface area contributed by atoms with Crippen LogP contribution in [0.3, 0.4) is 0 Å². The van der Waals surface area contributed by atoms with E-state index in [9.17, 15) is 5.11 Å². The first kappa shape index (κ1) is 13.7. The van der Waals surface area contributed by atoms with Crippen molar-refractivity contribution in [2.75, 3.05) is 0 Å². The van der Waals surface area contributed by atoms with Gasteiger partial charge in [-0.2, -0.15) is 0 Å². The van der Waals surface area contributed by atoms with Crippen molar-refractivity contribution in [3.63, 3.8) is 0 Å². The van der Waals surface area contributed by atoms with E-state index in [-0.39, 0.29) is 6.10 Å². The lowest BCUT2D eigenvalue weighted by molar-refractivity contribution is 0.171. The molecule has 0 amide bonds. The van der Waals surface area contributed by atoms with Crippen LogP contribution in [0, 0.1) is 0 Å². The molecule has 1 atom stereocenters. The molecule has 0 aliphatic heterocycles. The summed E-state index contributed by atoms with van der Waals surface area (Å²) in [4.78, 5) is 2.28. The van der Waals surface area contributed by atoms with Crippen molar-refractivity contribution in [1.29, 1.82) is 0 Å². The summed E-state index contributed by atoms with van der Waals surface area (Å²) >= 11 is 5.16. The van der Waals surface area contributed by atoms with E-state index in [0.717, 1.165) is 21.4 Å². The molecule has 18 heavy (non-hydrogen) atoms. The maximum Gasteiger partial charge on any atom is 0.0798 e. The Kier molecular flexibility index (Phi) is 4.87. The quantitative estimate of drug-likeness (QED) is 0.850. The van der Waals surface area contributed by atoms with Crippen molar-refractivity contribution < 1.29 is 5.11 Å². The van der Waals surface area contributed by atoms with Crippen LogP contribution >= 0.6 is 27.7 Å². The molecule has 94 valence electrons. The second-order valence-electron chi connectivity index (χ2n) is 4.02. The molecular weight excluding hydrogens is 308 g/mol. The lowest BCUT2D eigenvalue weighted by Crippen LogP contribution is -1.96. The zero-order valence-corrected chi connectivity index (χ0v) is 12.5. The Balaban J connectivity index is 2.29. The van der Waals surface area contributed by atoms with Gasteiger partial charge >= 0.3 is 0 Å². The molecule has 0 saturated carbocycles. The summed E-state index contributed by atoms with van der Waals surface area (Å²) in [6.45, 7) is 1.99. The van der Waals surface area contributed by atoms with Crippen LogP contribution in [0.4, 0.5) is 0 Å². The van der Waals surface area contributed by atoms with Gasteiger partial charge in [0.2, 0.25) is 0 Å². The molecule has 1 nitrogen and oxygen atoms in total. The van der Waals surface area contributed by atoms with E-state index >= 15 is 0 Å². The van der Waals surface area contributed by atoms with Gasteiger partial charge in [0.15, 0.2) is 0 Å². The van der Waals surface area contributed by atoms with Gasteiger partial charge in [-0.25, -0.2) is 0 Å².